The molecule has 134 valence electrons. The molecular formula is C16H25N3O5. The lowest BCUT2D eigenvalue weighted by Gasteiger charge is -2.24. The maximum Gasteiger partial charge on any atom is 0.328 e. The number of carbonyl (C=O) groups excluding carboxylic acids is 3. The van der Waals surface area contributed by atoms with Gasteiger partial charge in [0, 0.05) is 26.0 Å². The third-order valence-electron chi connectivity index (χ3n) is 3.51. The lowest BCUT2D eigenvalue weighted by Crippen LogP contribution is -2.49. The number of amides is 1. The van der Waals surface area contributed by atoms with Crippen LogP contribution in [0.5, 0.6) is 0 Å². The van der Waals surface area contributed by atoms with Gasteiger partial charge in [-0.3, -0.25) is 9.59 Å². The summed E-state index contributed by atoms with van der Waals surface area (Å²) in [6, 6.07) is -0.959. The number of rotatable bonds is 10. The minimum atomic E-state index is -0.959. The van der Waals surface area contributed by atoms with Gasteiger partial charge in [-0.1, -0.05) is 6.08 Å². The average molecular weight is 339 g/mol. The monoisotopic (exact) mass is 339 g/mol. The summed E-state index contributed by atoms with van der Waals surface area (Å²) in [5.41, 5.74) is 0. The van der Waals surface area contributed by atoms with Crippen LogP contribution < -0.4 is 10.6 Å². The molecule has 0 aromatic carbocycles. The molecule has 0 aromatic heterocycles. The van der Waals surface area contributed by atoms with Gasteiger partial charge < -0.3 is 25.5 Å². The highest BCUT2D eigenvalue weighted by Gasteiger charge is 2.32. The lowest BCUT2D eigenvalue weighted by atomic mass is 10.0. The second-order valence-corrected chi connectivity index (χ2v) is 5.78. The Morgan fingerprint density at radius 2 is 2.12 bits per heavy atom. The highest BCUT2D eigenvalue weighted by molar-refractivity contribution is 6.26. The van der Waals surface area contributed by atoms with Gasteiger partial charge >= 0.3 is 5.97 Å². The molecule has 1 aliphatic heterocycles. The number of Topliss-reactive ketones (excluding diaryl/α,β-unsaturated/α-hetero) is 1. The number of ether oxygens (including phenoxy) is 2. The van der Waals surface area contributed by atoms with Gasteiger partial charge in [-0.15, -0.1) is 0 Å². The van der Waals surface area contributed by atoms with Gasteiger partial charge in [0.1, 0.15) is 12.1 Å². The molecule has 0 fully saturated rings. The highest BCUT2D eigenvalue weighted by Crippen LogP contribution is 2.13. The van der Waals surface area contributed by atoms with Crippen molar-refractivity contribution in [2.45, 2.75) is 44.9 Å². The normalized spacial score (nSPS) is 18.6. The van der Waals surface area contributed by atoms with Crippen molar-refractivity contribution in [3.05, 3.63) is 12.3 Å². The number of esters is 1. The first-order chi connectivity index (χ1) is 11.4. The number of nitrogens with one attached hydrogen (secondary N) is 3. The molecule has 8 heteroatoms. The number of hydrogen-bond donors (Lipinski definition) is 3. The second-order valence-electron chi connectivity index (χ2n) is 5.78. The Hall–Kier alpha value is -2.22. The first kappa shape index (κ1) is 19.8. The average Bonchev–Trinajstić information content (AvgIpc) is 3.05. The van der Waals surface area contributed by atoms with Crippen molar-refractivity contribution in [3.63, 3.8) is 0 Å². The van der Waals surface area contributed by atoms with E-state index in [0.717, 1.165) is 0 Å². The van der Waals surface area contributed by atoms with Crippen LogP contribution in [0.1, 0.15) is 26.7 Å². The van der Waals surface area contributed by atoms with Crippen LogP contribution in [-0.2, 0) is 23.9 Å². The topological polar surface area (TPSA) is 118 Å². The Bertz CT molecular complexity index is 504. The van der Waals surface area contributed by atoms with E-state index in [-0.39, 0.29) is 24.9 Å². The summed E-state index contributed by atoms with van der Waals surface area (Å²) in [5, 5.41) is 12.5. The Labute approximate surface area is 141 Å². The van der Waals surface area contributed by atoms with Crippen molar-refractivity contribution in [1.82, 2.24) is 10.6 Å². The predicted octanol–water partition coefficient (Wildman–Crippen LogP) is 0.170. The van der Waals surface area contributed by atoms with E-state index in [0.29, 0.717) is 12.8 Å². The fraction of sp³-hybridized carbons (Fsp3) is 0.625. The number of hydrogen-bond acceptors (Lipinski definition) is 7. The van der Waals surface area contributed by atoms with E-state index in [1.165, 1.54) is 7.11 Å². The summed E-state index contributed by atoms with van der Waals surface area (Å²) < 4.78 is 10.4. The molecule has 1 rings (SSSR count). The van der Waals surface area contributed by atoms with Crippen molar-refractivity contribution < 1.29 is 23.9 Å². The van der Waals surface area contributed by atoms with E-state index in [1.807, 2.05) is 6.08 Å². The first-order valence-electron chi connectivity index (χ1n) is 7.86. The standard InChI is InChI=1S/C16H25N3O5/c1-10(2)24-16(22)13(5-4-12(20)8-17)19-15(21)14(23-3)11-6-7-18-9-11/h6-8,10-11,13-14,17-18H,4-5,9H2,1-3H3,(H,19,21)/t11?,13-,14+/m0/s1. The molecule has 0 aromatic rings. The Balaban J connectivity index is 2.74. The quantitative estimate of drug-likeness (QED) is 0.386. The molecule has 0 aliphatic carbocycles. The summed E-state index contributed by atoms with van der Waals surface area (Å²) in [7, 11) is 1.43. The molecule has 1 unspecified atom stereocenters. The fourth-order valence-corrected chi connectivity index (χ4v) is 2.32. The molecule has 1 heterocycles. The van der Waals surface area contributed by atoms with Gasteiger partial charge in [0.15, 0.2) is 5.78 Å². The molecule has 1 aliphatic rings. The number of carbonyl (C=O) groups is 3. The summed E-state index contributed by atoms with van der Waals surface area (Å²) in [5.74, 6) is -1.60. The van der Waals surface area contributed by atoms with Crippen LogP contribution in [0, 0.1) is 11.3 Å². The van der Waals surface area contributed by atoms with Crippen LogP contribution in [0.25, 0.3) is 0 Å². The van der Waals surface area contributed by atoms with Gasteiger partial charge in [-0.25, -0.2) is 4.79 Å². The van der Waals surface area contributed by atoms with E-state index < -0.39 is 29.8 Å². The van der Waals surface area contributed by atoms with Crippen LogP contribution in [0.4, 0.5) is 0 Å². The minimum Gasteiger partial charge on any atom is -0.461 e. The summed E-state index contributed by atoms with van der Waals surface area (Å²) in [6.07, 6.45) is 3.23. The molecule has 3 N–H and O–H groups in total. The Kier molecular flexibility index (Phi) is 8.11. The predicted molar refractivity (Wildman–Crippen MR) is 87.6 cm³/mol. The molecule has 0 saturated heterocycles. The lowest BCUT2D eigenvalue weighted by molar-refractivity contribution is -0.153. The van der Waals surface area contributed by atoms with Crippen LogP contribution in [0.2, 0.25) is 0 Å². The third kappa shape index (κ3) is 6.11. The SMILES string of the molecule is CO[C@@H](C(=O)N[C@@H](CCC(=O)C=N)C(=O)OC(C)C)C1C=CNC1. The molecule has 24 heavy (non-hydrogen) atoms. The van der Waals surface area contributed by atoms with Crippen molar-refractivity contribution in [1.29, 1.82) is 5.41 Å². The maximum absolute atomic E-state index is 12.4. The van der Waals surface area contributed by atoms with Gasteiger partial charge in [0.25, 0.3) is 5.91 Å². The zero-order valence-corrected chi connectivity index (χ0v) is 14.2. The first-order valence-corrected chi connectivity index (χ1v) is 7.86. The van der Waals surface area contributed by atoms with Gasteiger partial charge in [-0.2, -0.15) is 0 Å². The molecule has 0 saturated carbocycles. The van der Waals surface area contributed by atoms with E-state index in [1.54, 1.807) is 20.0 Å². The summed E-state index contributed by atoms with van der Waals surface area (Å²) >= 11 is 0. The van der Waals surface area contributed by atoms with Crippen molar-refractivity contribution in [2.24, 2.45) is 5.92 Å². The maximum atomic E-state index is 12.4. The van der Waals surface area contributed by atoms with Crippen molar-refractivity contribution in [2.75, 3.05) is 13.7 Å². The zero-order valence-electron chi connectivity index (χ0n) is 14.2. The molecule has 3 atom stereocenters. The van der Waals surface area contributed by atoms with Crippen molar-refractivity contribution >= 4 is 23.9 Å². The summed E-state index contributed by atoms with van der Waals surface area (Å²) in [4.78, 5) is 35.9. The number of ketones is 1. The largest absolute Gasteiger partial charge is 0.461 e. The highest BCUT2D eigenvalue weighted by atomic mass is 16.5. The molecule has 0 spiro atoms. The van der Waals surface area contributed by atoms with Gasteiger partial charge in [-0.05, 0) is 26.5 Å². The van der Waals surface area contributed by atoms with E-state index >= 15 is 0 Å². The molecule has 1 amide bonds. The summed E-state index contributed by atoms with van der Waals surface area (Å²) in [6.45, 7) is 3.97. The van der Waals surface area contributed by atoms with Crippen LogP contribution in [-0.4, -0.2) is 55.8 Å². The molecule has 0 radical (unpaired) electrons. The minimum absolute atomic E-state index is 0.0236. The third-order valence-corrected chi connectivity index (χ3v) is 3.51. The zero-order chi connectivity index (χ0) is 18.1. The Morgan fingerprint density at radius 3 is 2.62 bits per heavy atom. The molecule has 0 bridgehead atoms. The van der Waals surface area contributed by atoms with Crippen LogP contribution in [0.3, 0.4) is 0 Å². The second kappa shape index (κ2) is 9.82. The van der Waals surface area contributed by atoms with E-state index in [9.17, 15) is 14.4 Å². The van der Waals surface area contributed by atoms with Gasteiger partial charge in [0.2, 0.25) is 0 Å². The van der Waals surface area contributed by atoms with E-state index in [4.69, 9.17) is 14.9 Å². The van der Waals surface area contributed by atoms with Crippen molar-refractivity contribution in [3.8, 4) is 0 Å². The molecule has 8 nitrogen and oxygen atoms in total. The number of methoxy groups -OCH3 is 1. The van der Waals surface area contributed by atoms with Gasteiger partial charge in [0.05, 0.1) is 12.3 Å². The smallest absolute Gasteiger partial charge is 0.328 e. The van der Waals surface area contributed by atoms with E-state index in [2.05, 4.69) is 10.6 Å². The molecular weight excluding hydrogens is 314 g/mol. The van der Waals surface area contributed by atoms with Crippen LogP contribution >= 0.6 is 0 Å². The Morgan fingerprint density at radius 1 is 1.42 bits per heavy atom. The fourth-order valence-electron chi connectivity index (χ4n) is 2.32. The van der Waals surface area contributed by atoms with Crippen LogP contribution in [0.15, 0.2) is 12.3 Å².